The van der Waals surface area contributed by atoms with Crippen molar-refractivity contribution < 1.29 is 28.2 Å². The largest absolute Gasteiger partial charge is 0.496 e. The van der Waals surface area contributed by atoms with Crippen molar-refractivity contribution in [3.63, 3.8) is 0 Å². The van der Waals surface area contributed by atoms with Crippen LogP contribution in [0.5, 0.6) is 5.75 Å². The quantitative estimate of drug-likeness (QED) is 0.509. The highest BCUT2D eigenvalue weighted by atomic mass is 19.1. The number of carbonyl (C=O) groups excluding carboxylic acids is 3. The highest BCUT2D eigenvalue weighted by Gasteiger charge is 2.72. The van der Waals surface area contributed by atoms with Gasteiger partial charge in [-0.15, -0.1) is 0 Å². The fraction of sp³-hybridized carbons (Fsp3) is 0.423. The lowest BCUT2D eigenvalue weighted by molar-refractivity contribution is -0.163. The highest BCUT2D eigenvalue weighted by Crippen LogP contribution is 2.58. The van der Waals surface area contributed by atoms with E-state index in [9.17, 15) is 18.8 Å². The maximum Gasteiger partial charge on any atom is 0.327 e. The Hall–Kier alpha value is -3.26. The Labute approximate surface area is 197 Å². The van der Waals surface area contributed by atoms with E-state index in [1.165, 1.54) is 26.3 Å². The topological polar surface area (TPSA) is 76.2 Å². The van der Waals surface area contributed by atoms with E-state index in [1.807, 2.05) is 23.1 Å². The van der Waals surface area contributed by atoms with Crippen LogP contribution in [-0.2, 0) is 19.1 Å². The molecule has 7 nitrogen and oxygen atoms in total. The Morgan fingerprint density at radius 1 is 1.06 bits per heavy atom. The molecule has 34 heavy (non-hydrogen) atoms. The highest BCUT2D eigenvalue weighted by molar-refractivity contribution is 6.09. The molecule has 3 fully saturated rings. The second-order valence-corrected chi connectivity index (χ2v) is 9.22. The van der Waals surface area contributed by atoms with Crippen molar-refractivity contribution in [3.8, 4) is 16.9 Å². The molecule has 2 aromatic carbocycles. The molecule has 3 heterocycles. The number of imide groups is 1. The van der Waals surface area contributed by atoms with Gasteiger partial charge in [0.05, 0.1) is 26.1 Å². The summed E-state index contributed by atoms with van der Waals surface area (Å²) >= 11 is 0. The van der Waals surface area contributed by atoms with Crippen molar-refractivity contribution in [2.75, 3.05) is 27.8 Å². The van der Waals surface area contributed by atoms with Crippen LogP contribution in [0.25, 0.3) is 11.1 Å². The minimum atomic E-state index is -1.16. The van der Waals surface area contributed by atoms with E-state index in [4.69, 9.17) is 9.47 Å². The van der Waals surface area contributed by atoms with Crippen molar-refractivity contribution in [3.05, 3.63) is 53.8 Å². The first-order valence-corrected chi connectivity index (χ1v) is 11.5. The van der Waals surface area contributed by atoms with Gasteiger partial charge in [-0.05, 0) is 55.1 Å². The van der Waals surface area contributed by atoms with Crippen LogP contribution in [0.3, 0.4) is 0 Å². The number of carbonyl (C=O) groups is 3. The van der Waals surface area contributed by atoms with Gasteiger partial charge in [0, 0.05) is 18.7 Å². The number of fused-ring (bicyclic) bond motifs is 3. The molecular weight excluding hydrogens is 439 g/mol. The lowest BCUT2D eigenvalue weighted by Gasteiger charge is -2.44. The number of halogens is 1. The normalized spacial score (nSPS) is 28.6. The van der Waals surface area contributed by atoms with Crippen LogP contribution in [0, 0.1) is 17.7 Å². The number of hydrogen-bond acceptors (Lipinski definition) is 6. The third-order valence-corrected chi connectivity index (χ3v) is 7.74. The van der Waals surface area contributed by atoms with E-state index in [0.717, 1.165) is 34.4 Å². The first-order chi connectivity index (χ1) is 16.3. The Balaban J connectivity index is 1.65. The summed E-state index contributed by atoms with van der Waals surface area (Å²) in [5, 5.41) is 0. The van der Waals surface area contributed by atoms with E-state index in [1.54, 1.807) is 19.2 Å². The van der Waals surface area contributed by atoms with Crippen LogP contribution in [0.1, 0.15) is 30.9 Å². The SMILES string of the molecule is COC(=O)[C@@]12CCCCN1[C@H](c1ccc(-c3ccc(F)cc3)c(OC)c1)[C@@H]1C(=O)N(C)C(=O)[C@@H]12. The van der Waals surface area contributed by atoms with Gasteiger partial charge in [-0.25, -0.2) is 4.39 Å². The number of piperidine rings is 1. The third-order valence-electron chi connectivity index (χ3n) is 7.74. The van der Waals surface area contributed by atoms with Gasteiger partial charge in [-0.2, -0.15) is 0 Å². The first-order valence-electron chi connectivity index (χ1n) is 11.5. The van der Waals surface area contributed by atoms with Crippen LogP contribution in [-0.4, -0.2) is 60.9 Å². The minimum Gasteiger partial charge on any atom is -0.496 e. The molecule has 0 spiro atoms. The van der Waals surface area contributed by atoms with Gasteiger partial charge >= 0.3 is 5.97 Å². The molecule has 2 aromatic rings. The number of methoxy groups -OCH3 is 2. The zero-order chi connectivity index (χ0) is 24.2. The molecule has 2 amide bonds. The summed E-state index contributed by atoms with van der Waals surface area (Å²) in [5.74, 6) is -2.30. The molecule has 0 unspecified atom stereocenters. The lowest BCUT2D eigenvalue weighted by atomic mass is 9.75. The monoisotopic (exact) mass is 466 g/mol. The van der Waals surface area contributed by atoms with Crippen molar-refractivity contribution in [2.45, 2.75) is 30.8 Å². The number of ether oxygens (including phenoxy) is 2. The van der Waals surface area contributed by atoms with Gasteiger partial charge in [0.1, 0.15) is 17.1 Å². The minimum absolute atomic E-state index is 0.278. The van der Waals surface area contributed by atoms with Crippen LogP contribution in [0.2, 0.25) is 0 Å². The summed E-state index contributed by atoms with van der Waals surface area (Å²) in [6.45, 7) is 0.582. The van der Waals surface area contributed by atoms with Crippen molar-refractivity contribution in [1.82, 2.24) is 9.80 Å². The Kier molecular flexibility index (Phi) is 5.43. The molecule has 3 saturated heterocycles. The zero-order valence-electron chi connectivity index (χ0n) is 19.4. The van der Waals surface area contributed by atoms with Gasteiger partial charge in [0.25, 0.3) is 0 Å². The fourth-order valence-electron chi connectivity index (χ4n) is 6.26. The van der Waals surface area contributed by atoms with Crippen molar-refractivity contribution >= 4 is 17.8 Å². The number of likely N-dealkylation sites (tertiary alicyclic amines) is 1. The average molecular weight is 467 g/mol. The molecule has 5 rings (SSSR count). The standard InChI is InChI=1S/C26H27FN2O5/c1-28-23(30)20-21(24(28)31)26(25(32)34-3)12-4-5-13-29(26)22(20)16-8-11-18(19(14-16)33-2)15-6-9-17(27)10-7-15/h6-11,14,20-22H,4-5,12-13H2,1-3H3/t20-,21-,22-,26+/m1/s1. The van der Waals surface area contributed by atoms with Crippen molar-refractivity contribution in [1.29, 1.82) is 0 Å². The smallest absolute Gasteiger partial charge is 0.327 e. The molecule has 3 aliphatic rings. The summed E-state index contributed by atoms with van der Waals surface area (Å²) in [4.78, 5) is 43.0. The molecule has 0 radical (unpaired) electrons. The van der Waals surface area contributed by atoms with E-state index in [-0.39, 0.29) is 17.6 Å². The lowest BCUT2D eigenvalue weighted by Crippen LogP contribution is -2.59. The molecule has 178 valence electrons. The van der Waals surface area contributed by atoms with Crippen LogP contribution in [0.15, 0.2) is 42.5 Å². The Bertz CT molecular complexity index is 1170. The predicted molar refractivity (Wildman–Crippen MR) is 121 cm³/mol. The van der Waals surface area contributed by atoms with Crippen LogP contribution in [0.4, 0.5) is 4.39 Å². The maximum atomic E-state index is 13.4. The number of benzene rings is 2. The summed E-state index contributed by atoms with van der Waals surface area (Å²) in [5.41, 5.74) is 1.21. The summed E-state index contributed by atoms with van der Waals surface area (Å²) in [6, 6.07) is 11.3. The molecule has 0 saturated carbocycles. The molecule has 0 aliphatic carbocycles. The number of hydrogen-bond donors (Lipinski definition) is 0. The third kappa shape index (κ3) is 3.01. The molecule has 0 aromatic heterocycles. The number of rotatable bonds is 4. The van der Waals surface area contributed by atoms with Crippen molar-refractivity contribution in [2.24, 2.45) is 11.8 Å². The van der Waals surface area contributed by atoms with Crippen LogP contribution < -0.4 is 4.74 Å². The average Bonchev–Trinajstić information content (AvgIpc) is 3.30. The number of nitrogens with zero attached hydrogens (tertiary/aromatic N) is 2. The number of amides is 2. The molecule has 0 N–H and O–H groups in total. The zero-order valence-corrected chi connectivity index (χ0v) is 19.4. The summed E-state index contributed by atoms with van der Waals surface area (Å²) in [6.07, 6.45) is 2.10. The number of esters is 1. The van der Waals surface area contributed by atoms with Gasteiger partial charge in [-0.1, -0.05) is 24.3 Å². The maximum absolute atomic E-state index is 13.4. The van der Waals surface area contributed by atoms with Gasteiger partial charge in [-0.3, -0.25) is 24.2 Å². The Morgan fingerprint density at radius 2 is 1.79 bits per heavy atom. The molecule has 8 heteroatoms. The van der Waals surface area contributed by atoms with Gasteiger partial charge < -0.3 is 9.47 Å². The summed E-state index contributed by atoms with van der Waals surface area (Å²) in [7, 11) is 4.37. The van der Waals surface area contributed by atoms with E-state index >= 15 is 0 Å². The van der Waals surface area contributed by atoms with Crippen LogP contribution >= 0.6 is 0 Å². The molecule has 3 aliphatic heterocycles. The molecule has 4 atom stereocenters. The van der Waals surface area contributed by atoms with E-state index in [2.05, 4.69) is 0 Å². The van der Waals surface area contributed by atoms with Gasteiger partial charge in [0.2, 0.25) is 11.8 Å². The summed E-state index contributed by atoms with van der Waals surface area (Å²) < 4.78 is 24.3. The van der Waals surface area contributed by atoms with E-state index < -0.39 is 29.4 Å². The second-order valence-electron chi connectivity index (χ2n) is 9.22. The fourth-order valence-corrected chi connectivity index (χ4v) is 6.26. The first kappa shape index (κ1) is 22.5. The molecule has 0 bridgehead atoms. The Morgan fingerprint density at radius 3 is 2.47 bits per heavy atom. The van der Waals surface area contributed by atoms with E-state index in [0.29, 0.717) is 18.7 Å². The molecular formula is C26H27FN2O5. The second kappa shape index (κ2) is 8.20. The van der Waals surface area contributed by atoms with Gasteiger partial charge in [0.15, 0.2) is 0 Å². The predicted octanol–water partition coefficient (Wildman–Crippen LogP) is 3.18.